The third kappa shape index (κ3) is 19.5. The summed E-state index contributed by atoms with van der Waals surface area (Å²) >= 11 is 41.7. The smallest absolute Gasteiger partial charge is 0.179 e. The normalized spacial score (nSPS) is 36.0. The van der Waals surface area contributed by atoms with E-state index in [1.165, 1.54) is 6.08 Å². The predicted molar refractivity (Wildman–Crippen MR) is 425 cm³/mol. The summed E-state index contributed by atoms with van der Waals surface area (Å²) in [6.07, 6.45) is -10.9. The van der Waals surface area contributed by atoms with Crippen LogP contribution in [0.2, 0.25) is 35.2 Å². The predicted octanol–water partition coefficient (Wildman–Crippen LogP) is 16.9. The summed E-state index contributed by atoms with van der Waals surface area (Å²) < 4.78 is 371. The molecule has 0 radical (unpaired) electrons. The highest BCUT2D eigenvalue weighted by Gasteiger charge is 2.42. The molecule has 7 aliphatic carbocycles. The molecular formula is C84H84Cl7N7O7. The molecule has 14 N–H and O–H groups in total. The Morgan fingerprint density at radius 2 is 0.505 bits per heavy atom. The van der Waals surface area contributed by atoms with Gasteiger partial charge in [-0.3, -0.25) is 33.6 Å². The molecule has 7 aromatic carbocycles. The number of ketones is 7. The van der Waals surface area contributed by atoms with E-state index < -0.39 is 408 Å². The minimum absolute atomic E-state index is 0.158. The van der Waals surface area contributed by atoms with E-state index >= 15 is 0 Å². The van der Waals surface area contributed by atoms with Crippen LogP contribution in [0.4, 0.5) is 0 Å². The molecule has 0 saturated carbocycles. The van der Waals surface area contributed by atoms with Crippen molar-refractivity contribution in [2.75, 3.05) is 0 Å². The van der Waals surface area contributed by atoms with Crippen molar-refractivity contribution >= 4 is 122 Å². The number of allylic oxidation sites excluding steroid dienone is 7. The second-order valence-corrected chi connectivity index (χ2v) is 24.6. The van der Waals surface area contributed by atoms with Gasteiger partial charge >= 0.3 is 0 Å². The average Bonchev–Trinajstić information content (AvgIpc) is 0.717. The molecule has 0 amide bonds. The molecule has 0 saturated heterocycles. The largest absolute Gasteiger partial charge is 0.315 e. The molecule has 0 spiro atoms. The summed E-state index contributed by atoms with van der Waals surface area (Å²) in [4.78, 5) is 85.8. The second kappa shape index (κ2) is 37.1. The summed E-state index contributed by atoms with van der Waals surface area (Å²) in [6.45, 7) is 0. The number of rotatable bonds is 7. The SMILES string of the molecule is [2H]C1=C([2H])C([2H])([2H])CC(N)(c2c([2H])c([2H])c([2H])c([2H])c2Cl)C1=O.[2H]C1=CC(=O)C(N)(c2c([2H])c([2H])c([2H])c([2H])c2Cl)C([2H])([2H])C1.[2H]C1=CC(=O)C(N)(c2c([2H])c([2H])c([2H])c([2H])c2Cl)CC1([2H])[2H].[2H]C1=CC([2H])([2H])CC(N)(c2c([2H])c([2H])c([2H])c([2H])c2Cl)C1=O.[2H]C1=CCC([2H])([2H])C(N)(c2c([2H])c([2H])c([2H])c([2H])c2Cl)C1=O.[2H]c1c([2H])c([2H])c(C2(N)C(=O)C=CCC2([2H])[2H])c(Cl)c1[2H].[2H]c1c([2H])c([2H])c(C2(N)CC([2H])([2H])C=CC2=O)c(Cl)c1[2H]. The van der Waals surface area contributed by atoms with Crippen LogP contribution in [-0.4, -0.2) is 40.5 Å². The van der Waals surface area contributed by atoms with E-state index in [-0.39, 0.29) is 40.6 Å². The molecule has 7 atom stereocenters. The van der Waals surface area contributed by atoms with Crippen LogP contribution in [0.1, 0.15) is 194 Å². The van der Waals surface area contributed by atoms with Gasteiger partial charge in [0.25, 0.3) is 0 Å². The summed E-state index contributed by atoms with van der Waals surface area (Å²) in [5.41, 5.74) is 23.6. The van der Waals surface area contributed by atoms with Gasteiger partial charge in [0.2, 0.25) is 0 Å². The molecule has 105 heavy (non-hydrogen) atoms. The van der Waals surface area contributed by atoms with Crippen molar-refractivity contribution in [1.82, 2.24) is 0 Å². The molecule has 7 aromatic rings. The van der Waals surface area contributed by atoms with Gasteiger partial charge in [0, 0.05) is 54.3 Å². The zero-order valence-corrected chi connectivity index (χ0v) is 58.9. The van der Waals surface area contributed by atoms with Crippen LogP contribution in [0.25, 0.3) is 0 Å². The fourth-order valence-electron chi connectivity index (χ4n) is 9.39. The van der Waals surface area contributed by atoms with Crippen LogP contribution in [0.15, 0.2) is 254 Å². The van der Waals surface area contributed by atoms with Gasteiger partial charge in [0.15, 0.2) is 40.5 Å². The van der Waals surface area contributed by atoms with Gasteiger partial charge in [-0.1, -0.05) is 251 Å². The molecule has 7 aliphatic rings. The first-order chi connectivity index (χ1) is 69.2. The number of halogens is 7. The maximum atomic E-state index is 12.4. The molecule has 14 nitrogen and oxygen atoms in total. The monoisotopic (exact) mass is 1600 g/mol. The fourth-order valence-corrected chi connectivity index (χ4v) is 11.2. The van der Waals surface area contributed by atoms with Gasteiger partial charge in [-0.05, 0) is 213 Å². The Kier molecular flexibility index (Phi) is 13.7. The van der Waals surface area contributed by atoms with Gasteiger partial charge in [-0.2, -0.15) is 0 Å². The standard InChI is InChI=1S/7C12H12ClNO/c7*13-10-6-2-1-5-9(10)12(14)8-4-3-7-11(12)15/h7*1-3,5-7H,4,8,14H2/i1D,2D,3D,4D2,5D,6D,7D;1D,2D,5D,6D,7D,8D2;1D,2D,4D2,5D,6D,7D;1D,2D,3D,5D,6D,8D2;1D,2D,3D,4D2,5D,6D;1D,2D,5D,6D,8D2;1D,2D,4D2,5D,6D. The van der Waals surface area contributed by atoms with E-state index in [0.717, 1.165) is 42.5 Å². The van der Waals surface area contributed by atoms with Crippen LogP contribution in [-0.2, 0) is 72.3 Å². The quantitative estimate of drug-likeness (QED) is 0.0781. The summed E-state index contributed by atoms with van der Waals surface area (Å²) in [7, 11) is 0. The van der Waals surface area contributed by atoms with Crippen LogP contribution in [0, 0.1) is 0 Å². The molecule has 0 aromatic heterocycles. The summed E-state index contributed by atoms with van der Waals surface area (Å²) in [6, 6.07) is -20.4. The molecule has 0 heterocycles. The molecule has 0 fully saturated rings. The molecule has 546 valence electrons. The van der Waals surface area contributed by atoms with E-state index in [1.807, 2.05) is 0 Å². The minimum Gasteiger partial charge on any atom is -0.315 e. The first-order valence-corrected chi connectivity index (χ1v) is 32.3. The average molecular weight is 1600 g/mol. The molecule has 21 heteroatoms. The van der Waals surface area contributed by atoms with Gasteiger partial charge in [0.05, 0.1) is 46.6 Å². The van der Waals surface area contributed by atoms with Crippen LogP contribution in [0.3, 0.4) is 0 Å². The van der Waals surface area contributed by atoms with Crippen molar-refractivity contribution in [2.45, 2.75) is 128 Å². The van der Waals surface area contributed by atoms with Crippen molar-refractivity contribution in [3.8, 4) is 0 Å². The van der Waals surface area contributed by atoms with Gasteiger partial charge in [-0.25, -0.2) is 0 Å². The van der Waals surface area contributed by atoms with Crippen molar-refractivity contribution in [3.63, 3.8) is 0 Å². The number of benzene rings is 7. The number of carbonyl (C=O) groups excluding carboxylic acids is 7. The highest BCUT2D eigenvalue weighted by molar-refractivity contribution is 6.34. The lowest BCUT2D eigenvalue weighted by Gasteiger charge is -2.30. The Morgan fingerprint density at radius 1 is 0.257 bits per heavy atom. The van der Waals surface area contributed by atoms with Gasteiger partial charge in [-0.15, -0.1) is 0 Å². The Morgan fingerprint density at radius 3 is 0.905 bits per heavy atom. The third-order valence-electron chi connectivity index (χ3n) is 15.2. The number of hydrogen-bond acceptors (Lipinski definition) is 14. The molecule has 0 bridgehead atoms. The second-order valence-electron chi connectivity index (χ2n) is 21.9. The van der Waals surface area contributed by atoms with Crippen molar-refractivity contribution in [3.05, 3.63) is 328 Å². The van der Waals surface area contributed by atoms with E-state index in [4.69, 9.17) is 187 Å². The first-order valence-electron chi connectivity index (χ1n) is 53.6. The van der Waals surface area contributed by atoms with E-state index in [9.17, 15) is 33.6 Å². The lowest BCUT2D eigenvalue weighted by molar-refractivity contribution is -0.121. The van der Waals surface area contributed by atoms with Gasteiger partial charge in [0.1, 0.15) is 38.8 Å². The lowest BCUT2D eigenvalue weighted by atomic mass is 9.79. The molecular weight excluding hydrogens is 1470 g/mol. The van der Waals surface area contributed by atoms with Crippen LogP contribution < -0.4 is 40.1 Å². The van der Waals surface area contributed by atoms with Crippen molar-refractivity contribution in [2.24, 2.45) is 40.1 Å². The maximum absolute atomic E-state index is 12.4. The topological polar surface area (TPSA) is 302 Å². The molecule has 14 rings (SSSR count). The van der Waals surface area contributed by atoms with Crippen molar-refractivity contribution in [1.29, 1.82) is 0 Å². The Hall–Kier alpha value is -7.84. The summed E-state index contributed by atoms with van der Waals surface area (Å²) in [5.74, 6) is -6.33. The van der Waals surface area contributed by atoms with E-state index in [1.54, 1.807) is 0 Å². The van der Waals surface area contributed by atoms with E-state index in [0.29, 0.717) is 0 Å². The number of carbonyl (C=O) groups is 7. The van der Waals surface area contributed by atoms with Crippen LogP contribution in [0.5, 0.6) is 0 Å². The highest BCUT2D eigenvalue weighted by atomic mass is 35.5. The molecule has 7 unspecified atom stereocenters. The van der Waals surface area contributed by atoms with Gasteiger partial charge < -0.3 is 40.1 Å². The number of nitrogens with two attached hydrogens (primary N) is 7. The Balaban J connectivity index is 0.000000217. The third-order valence-corrected chi connectivity index (χ3v) is 17.2. The fraction of sp³-hybridized carbons (Fsp3) is 0.250. The van der Waals surface area contributed by atoms with E-state index in [2.05, 4.69) is 0 Å². The first kappa shape index (κ1) is 38.8. The summed E-state index contributed by atoms with van der Waals surface area (Å²) in [5, 5.41) is -3.15. The Labute approximate surface area is 715 Å². The Bertz CT molecular complexity index is 7150. The lowest BCUT2D eigenvalue weighted by Crippen LogP contribution is -2.45. The maximum Gasteiger partial charge on any atom is 0.179 e. The minimum atomic E-state index is -2.45. The molecule has 0 aliphatic heterocycles. The zero-order valence-electron chi connectivity index (χ0n) is 102. The highest BCUT2D eigenvalue weighted by Crippen LogP contribution is 2.40. The zero-order chi connectivity index (χ0) is 118. The number of hydrogen-bond donors (Lipinski definition) is 7. The van der Waals surface area contributed by atoms with Crippen molar-refractivity contribution < 1.29 is 99.4 Å². The van der Waals surface area contributed by atoms with Crippen LogP contribution >= 0.6 is 81.2 Å².